The molecule has 1 aliphatic rings. The Balaban J connectivity index is 1.58. The second kappa shape index (κ2) is 9.04. The molecule has 6 nitrogen and oxygen atoms in total. The van der Waals surface area contributed by atoms with Crippen molar-refractivity contribution in [2.75, 3.05) is 21.5 Å². The number of sulfonamides is 1. The molecule has 0 aliphatic carbocycles. The van der Waals surface area contributed by atoms with Crippen molar-refractivity contribution in [2.45, 2.75) is 64.4 Å². The highest BCUT2D eigenvalue weighted by atomic mass is 32.2. The molecule has 1 saturated heterocycles. The summed E-state index contributed by atoms with van der Waals surface area (Å²) in [7, 11) is -3.45. The third kappa shape index (κ3) is 5.68. The molecular weight excluding hydrogens is 417 g/mol. The summed E-state index contributed by atoms with van der Waals surface area (Å²) < 4.78 is 46.3. The molecule has 31 heavy (non-hydrogen) atoms. The number of rotatable bonds is 6. The molecule has 0 amide bonds. The lowest BCUT2D eigenvalue weighted by Gasteiger charge is -2.39. The average Bonchev–Trinajstić information content (AvgIpc) is 2.69. The molecule has 1 fully saturated rings. The van der Waals surface area contributed by atoms with Crippen LogP contribution in [0.3, 0.4) is 0 Å². The van der Waals surface area contributed by atoms with Crippen LogP contribution in [-0.4, -0.2) is 38.2 Å². The molecule has 8 heteroatoms. The van der Waals surface area contributed by atoms with Gasteiger partial charge >= 0.3 is 0 Å². The van der Waals surface area contributed by atoms with E-state index in [9.17, 15) is 12.8 Å². The molecule has 0 saturated carbocycles. The van der Waals surface area contributed by atoms with E-state index in [1.165, 1.54) is 0 Å². The number of morpholine rings is 1. The van der Waals surface area contributed by atoms with Gasteiger partial charge in [-0.2, -0.15) is 0 Å². The summed E-state index contributed by atoms with van der Waals surface area (Å²) in [5.74, 6) is 0. The molecular formula is C23H32FN3O3S. The van der Waals surface area contributed by atoms with Gasteiger partial charge in [-0.1, -0.05) is 12.1 Å². The van der Waals surface area contributed by atoms with Gasteiger partial charge in [-0.3, -0.25) is 4.72 Å². The van der Waals surface area contributed by atoms with Crippen molar-refractivity contribution in [2.24, 2.45) is 0 Å². The number of anilines is 3. The van der Waals surface area contributed by atoms with E-state index in [0.29, 0.717) is 18.8 Å². The Morgan fingerprint density at radius 3 is 2.19 bits per heavy atom. The Hall–Kier alpha value is -2.32. The summed E-state index contributed by atoms with van der Waals surface area (Å²) in [6.07, 6.45) is -1.64. The maximum atomic E-state index is 14.5. The lowest BCUT2D eigenvalue weighted by atomic mass is 10.1. The van der Waals surface area contributed by atoms with Gasteiger partial charge in [0, 0.05) is 30.2 Å². The van der Waals surface area contributed by atoms with E-state index < -0.39 is 27.2 Å². The van der Waals surface area contributed by atoms with Gasteiger partial charge in [0.05, 0.1) is 10.9 Å². The highest BCUT2D eigenvalue weighted by molar-refractivity contribution is 7.94. The van der Waals surface area contributed by atoms with Crippen molar-refractivity contribution in [3.05, 3.63) is 54.1 Å². The summed E-state index contributed by atoms with van der Waals surface area (Å²) in [6.45, 7) is 9.78. The van der Waals surface area contributed by atoms with Crippen molar-refractivity contribution in [1.29, 1.82) is 0 Å². The second-order valence-corrected chi connectivity index (χ2v) is 11.4. The van der Waals surface area contributed by atoms with Gasteiger partial charge in [0.25, 0.3) is 0 Å². The van der Waals surface area contributed by atoms with Crippen LogP contribution in [0.4, 0.5) is 21.5 Å². The average molecular weight is 450 g/mol. The summed E-state index contributed by atoms with van der Waals surface area (Å²) in [5, 5.41) is 3.34. The standard InChI is InChI=1S/C23H32FN3O3S/c1-16-15-27(22(24)17(2)30-16)21-12-10-19(11-13-21)25-14-18-6-8-20(9-7-18)26-31(28,29)23(3,4)5/h6-13,16-17,22,25-26H,14-15H2,1-5H3/t16-,17+,22?/m0/s1. The normalized spacial score (nSPS) is 22.3. The monoisotopic (exact) mass is 449 g/mol. The van der Waals surface area contributed by atoms with Crippen LogP contribution in [0.2, 0.25) is 0 Å². The fraction of sp³-hybridized carbons (Fsp3) is 0.478. The number of benzene rings is 2. The first-order valence-electron chi connectivity index (χ1n) is 10.5. The molecule has 1 aliphatic heterocycles. The summed E-state index contributed by atoms with van der Waals surface area (Å²) in [5.41, 5.74) is 3.31. The van der Waals surface area contributed by atoms with Gasteiger partial charge in [0.15, 0.2) is 6.30 Å². The Bertz CT molecular complexity index is 973. The van der Waals surface area contributed by atoms with E-state index in [-0.39, 0.29) is 6.10 Å². The largest absolute Gasteiger partial charge is 0.381 e. The molecule has 1 unspecified atom stereocenters. The number of nitrogens with one attached hydrogen (secondary N) is 2. The molecule has 170 valence electrons. The number of hydrogen-bond acceptors (Lipinski definition) is 5. The molecule has 0 spiro atoms. The van der Waals surface area contributed by atoms with E-state index >= 15 is 0 Å². The fourth-order valence-electron chi connectivity index (χ4n) is 3.33. The maximum Gasteiger partial charge on any atom is 0.237 e. The zero-order valence-electron chi connectivity index (χ0n) is 18.7. The smallest absolute Gasteiger partial charge is 0.237 e. The zero-order chi connectivity index (χ0) is 22.8. The second-order valence-electron chi connectivity index (χ2n) is 8.99. The first-order valence-corrected chi connectivity index (χ1v) is 12.0. The van der Waals surface area contributed by atoms with Gasteiger partial charge in [-0.05, 0) is 76.6 Å². The molecule has 2 aromatic carbocycles. The minimum Gasteiger partial charge on any atom is -0.381 e. The Kier molecular flexibility index (Phi) is 6.81. The van der Waals surface area contributed by atoms with Gasteiger partial charge < -0.3 is 15.0 Å². The number of nitrogens with zero attached hydrogens (tertiary/aromatic N) is 1. The van der Waals surface area contributed by atoms with E-state index in [0.717, 1.165) is 16.9 Å². The van der Waals surface area contributed by atoms with E-state index in [1.807, 2.05) is 43.3 Å². The highest BCUT2D eigenvalue weighted by Gasteiger charge is 2.32. The van der Waals surface area contributed by atoms with Crippen LogP contribution in [0.15, 0.2) is 48.5 Å². The summed E-state index contributed by atoms with van der Waals surface area (Å²) in [6, 6.07) is 14.9. The molecule has 3 rings (SSSR count). The number of alkyl halides is 1. The van der Waals surface area contributed by atoms with E-state index in [4.69, 9.17) is 4.74 Å². The maximum absolute atomic E-state index is 14.5. The predicted molar refractivity (Wildman–Crippen MR) is 125 cm³/mol. The molecule has 2 aromatic rings. The molecule has 2 N–H and O–H groups in total. The van der Waals surface area contributed by atoms with Crippen LogP contribution < -0.4 is 14.9 Å². The molecule has 1 heterocycles. The van der Waals surface area contributed by atoms with Crippen LogP contribution in [0.25, 0.3) is 0 Å². The zero-order valence-corrected chi connectivity index (χ0v) is 19.5. The number of halogens is 1. The minimum absolute atomic E-state index is 0.0179. The van der Waals surface area contributed by atoms with E-state index in [1.54, 1.807) is 44.7 Å². The predicted octanol–water partition coefficient (Wildman–Crippen LogP) is 4.75. The first-order chi connectivity index (χ1) is 14.5. The van der Waals surface area contributed by atoms with Crippen LogP contribution in [0.5, 0.6) is 0 Å². The Labute approximate surface area is 184 Å². The molecule has 0 radical (unpaired) electrons. The van der Waals surface area contributed by atoms with Crippen LogP contribution in [0, 0.1) is 0 Å². The van der Waals surface area contributed by atoms with Crippen LogP contribution in [0.1, 0.15) is 40.2 Å². The van der Waals surface area contributed by atoms with Crippen molar-refractivity contribution < 1.29 is 17.5 Å². The third-order valence-electron chi connectivity index (χ3n) is 5.29. The first kappa shape index (κ1) is 23.3. The Morgan fingerprint density at radius 1 is 1.03 bits per heavy atom. The minimum atomic E-state index is -3.45. The molecule has 0 bridgehead atoms. The fourth-order valence-corrected chi connectivity index (χ4v) is 4.08. The molecule has 0 aromatic heterocycles. The molecule has 3 atom stereocenters. The van der Waals surface area contributed by atoms with Crippen LogP contribution in [-0.2, 0) is 21.3 Å². The van der Waals surface area contributed by atoms with Crippen molar-refractivity contribution in [1.82, 2.24) is 0 Å². The van der Waals surface area contributed by atoms with Gasteiger partial charge in [0.2, 0.25) is 10.0 Å². The van der Waals surface area contributed by atoms with Crippen molar-refractivity contribution in [3.63, 3.8) is 0 Å². The van der Waals surface area contributed by atoms with Crippen molar-refractivity contribution in [3.8, 4) is 0 Å². The SMILES string of the molecule is C[C@H]1CN(c2ccc(NCc3ccc(NS(=O)(=O)C(C)(C)C)cc3)cc2)C(F)[C@@H](C)O1. The summed E-state index contributed by atoms with van der Waals surface area (Å²) in [4.78, 5) is 1.74. The lowest BCUT2D eigenvalue weighted by Crippen LogP contribution is -2.51. The number of hydrogen-bond donors (Lipinski definition) is 2. The Morgan fingerprint density at radius 2 is 1.61 bits per heavy atom. The quantitative estimate of drug-likeness (QED) is 0.623. The van der Waals surface area contributed by atoms with Crippen LogP contribution >= 0.6 is 0 Å². The van der Waals surface area contributed by atoms with Gasteiger partial charge in [0.1, 0.15) is 6.10 Å². The van der Waals surface area contributed by atoms with Crippen molar-refractivity contribution >= 4 is 27.1 Å². The highest BCUT2D eigenvalue weighted by Crippen LogP contribution is 2.27. The lowest BCUT2D eigenvalue weighted by molar-refractivity contribution is -0.0614. The third-order valence-corrected chi connectivity index (χ3v) is 7.41. The topological polar surface area (TPSA) is 70.7 Å². The summed E-state index contributed by atoms with van der Waals surface area (Å²) >= 11 is 0. The number of ether oxygens (including phenoxy) is 1. The van der Waals surface area contributed by atoms with Gasteiger partial charge in [-0.15, -0.1) is 0 Å². The van der Waals surface area contributed by atoms with Gasteiger partial charge in [-0.25, -0.2) is 12.8 Å². The van der Waals surface area contributed by atoms with E-state index in [2.05, 4.69) is 10.0 Å².